The molecule has 0 bridgehead atoms. The lowest BCUT2D eigenvalue weighted by atomic mass is 10.1. The second-order valence-corrected chi connectivity index (χ2v) is 4.08. The van der Waals surface area contributed by atoms with E-state index >= 15 is 0 Å². The van der Waals surface area contributed by atoms with Gasteiger partial charge in [-0.15, -0.1) is 0 Å². The minimum absolute atomic E-state index is 0.312. The number of nitrogens with zero attached hydrogens (tertiary/aromatic N) is 1. The van der Waals surface area contributed by atoms with Crippen molar-refractivity contribution >= 4 is 11.5 Å². The van der Waals surface area contributed by atoms with Crippen molar-refractivity contribution in [1.82, 2.24) is 0 Å². The van der Waals surface area contributed by atoms with Gasteiger partial charge in [-0.2, -0.15) is 0 Å². The maximum absolute atomic E-state index is 11.8. The van der Waals surface area contributed by atoms with Crippen LogP contribution in [0.1, 0.15) is 23.2 Å². The summed E-state index contributed by atoms with van der Waals surface area (Å²) in [6.07, 6.45) is 2.15. The molecule has 2 nitrogen and oxygen atoms in total. The summed E-state index contributed by atoms with van der Waals surface area (Å²) in [5.74, 6) is 0.626. The fourth-order valence-electron chi connectivity index (χ4n) is 1.52. The molecule has 0 amide bonds. The van der Waals surface area contributed by atoms with E-state index in [4.69, 9.17) is 0 Å². The van der Waals surface area contributed by atoms with Crippen molar-refractivity contribution in [1.29, 1.82) is 0 Å². The van der Waals surface area contributed by atoms with Crippen molar-refractivity contribution in [2.24, 2.45) is 5.92 Å². The molecule has 0 atom stereocenters. The van der Waals surface area contributed by atoms with Crippen LogP contribution in [0, 0.1) is 5.92 Å². The molecule has 0 heterocycles. The molecule has 0 spiro atoms. The van der Waals surface area contributed by atoms with Crippen LogP contribution in [0.25, 0.3) is 0 Å². The van der Waals surface area contributed by atoms with Crippen LogP contribution in [0.4, 0.5) is 5.69 Å². The van der Waals surface area contributed by atoms with Gasteiger partial charge < -0.3 is 4.90 Å². The summed E-state index contributed by atoms with van der Waals surface area (Å²) in [5.41, 5.74) is 1.95. The minimum Gasteiger partial charge on any atom is -0.378 e. The Labute approximate surface area is 84.5 Å². The second-order valence-electron chi connectivity index (χ2n) is 4.08. The van der Waals surface area contributed by atoms with Crippen LogP contribution in [0.2, 0.25) is 0 Å². The van der Waals surface area contributed by atoms with Crippen LogP contribution in [0.5, 0.6) is 0 Å². The Kier molecular flexibility index (Phi) is 2.28. The van der Waals surface area contributed by atoms with Crippen molar-refractivity contribution in [3.63, 3.8) is 0 Å². The molecule has 2 heteroatoms. The van der Waals surface area contributed by atoms with E-state index in [-0.39, 0.29) is 0 Å². The van der Waals surface area contributed by atoms with Crippen molar-refractivity contribution in [2.45, 2.75) is 12.8 Å². The smallest absolute Gasteiger partial charge is 0.166 e. The average Bonchev–Trinajstić information content (AvgIpc) is 3.00. The largest absolute Gasteiger partial charge is 0.378 e. The lowest BCUT2D eigenvalue weighted by molar-refractivity contribution is 0.0967. The third kappa shape index (κ3) is 1.79. The van der Waals surface area contributed by atoms with Crippen LogP contribution in [-0.4, -0.2) is 19.9 Å². The van der Waals surface area contributed by atoms with Crippen LogP contribution in [0.3, 0.4) is 0 Å². The van der Waals surface area contributed by atoms with Crippen molar-refractivity contribution in [3.8, 4) is 0 Å². The van der Waals surface area contributed by atoms with Crippen LogP contribution in [0.15, 0.2) is 24.3 Å². The number of Topliss-reactive ketones (excluding diaryl/α,β-unsaturated/α-hetero) is 1. The van der Waals surface area contributed by atoms with Gasteiger partial charge in [0.2, 0.25) is 0 Å². The lowest BCUT2D eigenvalue weighted by Crippen LogP contribution is -2.10. The molecule has 0 aliphatic heterocycles. The van der Waals surface area contributed by atoms with Gasteiger partial charge in [0.15, 0.2) is 5.78 Å². The highest BCUT2D eigenvalue weighted by Gasteiger charge is 2.30. The predicted molar refractivity (Wildman–Crippen MR) is 57.8 cm³/mol. The Morgan fingerprint density at radius 1 is 1.36 bits per heavy atom. The molecule has 0 radical (unpaired) electrons. The summed E-state index contributed by atoms with van der Waals surface area (Å²) >= 11 is 0. The fourth-order valence-corrected chi connectivity index (χ4v) is 1.52. The van der Waals surface area contributed by atoms with Gasteiger partial charge in [-0.25, -0.2) is 0 Å². The first kappa shape index (κ1) is 9.25. The quantitative estimate of drug-likeness (QED) is 0.680. The first-order valence-corrected chi connectivity index (χ1v) is 5.00. The van der Waals surface area contributed by atoms with E-state index in [0.717, 1.165) is 24.1 Å². The Morgan fingerprint density at radius 3 is 2.64 bits per heavy atom. The summed E-state index contributed by atoms with van der Waals surface area (Å²) in [7, 11) is 3.97. The standard InChI is InChI=1S/C12H15NO/c1-13(2)11-5-3-4-10(8-11)12(14)9-6-7-9/h3-5,8-9H,6-7H2,1-2H3. The molecule has 1 fully saturated rings. The monoisotopic (exact) mass is 189 g/mol. The number of benzene rings is 1. The van der Waals surface area contributed by atoms with Crippen molar-refractivity contribution in [2.75, 3.05) is 19.0 Å². The van der Waals surface area contributed by atoms with Gasteiger partial charge in [-0.3, -0.25) is 4.79 Å². The predicted octanol–water partition coefficient (Wildman–Crippen LogP) is 2.35. The van der Waals surface area contributed by atoms with E-state index in [2.05, 4.69) is 0 Å². The molecule has 0 aromatic heterocycles. The van der Waals surface area contributed by atoms with Crippen LogP contribution < -0.4 is 4.90 Å². The number of carbonyl (C=O) groups is 1. The van der Waals surface area contributed by atoms with Gasteiger partial charge >= 0.3 is 0 Å². The van der Waals surface area contributed by atoms with Crippen molar-refractivity contribution < 1.29 is 4.79 Å². The summed E-state index contributed by atoms with van der Waals surface area (Å²) in [6.45, 7) is 0. The summed E-state index contributed by atoms with van der Waals surface area (Å²) in [4.78, 5) is 13.8. The number of hydrogen-bond acceptors (Lipinski definition) is 2. The van der Waals surface area contributed by atoms with E-state index in [9.17, 15) is 4.79 Å². The zero-order valence-corrected chi connectivity index (χ0v) is 8.66. The van der Waals surface area contributed by atoms with Gasteiger partial charge in [0, 0.05) is 31.3 Å². The summed E-state index contributed by atoms with van der Waals surface area (Å²) in [6, 6.07) is 7.85. The highest BCUT2D eigenvalue weighted by molar-refractivity contribution is 6.00. The molecule has 0 saturated heterocycles. The zero-order valence-electron chi connectivity index (χ0n) is 8.66. The van der Waals surface area contributed by atoms with Gasteiger partial charge in [0.05, 0.1) is 0 Å². The van der Waals surface area contributed by atoms with Gasteiger partial charge in [0.25, 0.3) is 0 Å². The molecule has 1 aromatic carbocycles. The Hall–Kier alpha value is -1.31. The average molecular weight is 189 g/mol. The minimum atomic E-state index is 0.312. The number of carbonyl (C=O) groups excluding carboxylic acids is 1. The van der Waals surface area contributed by atoms with Gasteiger partial charge in [0.1, 0.15) is 0 Å². The Morgan fingerprint density at radius 2 is 2.07 bits per heavy atom. The highest BCUT2D eigenvalue weighted by atomic mass is 16.1. The number of anilines is 1. The molecule has 74 valence electrons. The molecule has 1 aliphatic rings. The van der Waals surface area contributed by atoms with Crippen molar-refractivity contribution in [3.05, 3.63) is 29.8 Å². The molecule has 1 aliphatic carbocycles. The molecule has 1 saturated carbocycles. The third-order valence-electron chi connectivity index (χ3n) is 2.60. The van der Waals surface area contributed by atoms with E-state index in [1.807, 2.05) is 43.3 Å². The molecule has 14 heavy (non-hydrogen) atoms. The topological polar surface area (TPSA) is 20.3 Å². The zero-order chi connectivity index (χ0) is 10.1. The summed E-state index contributed by atoms with van der Waals surface area (Å²) < 4.78 is 0. The van der Waals surface area contributed by atoms with Crippen LogP contribution >= 0.6 is 0 Å². The summed E-state index contributed by atoms with van der Waals surface area (Å²) in [5, 5.41) is 0. The molecule has 0 unspecified atom stereocenters. The number of rotatable bonds is 3. The maximum Gasteiger partial charge on any atom is 0.166 e. The lowest BCUT2D eigenvalue weighted by Gasteiger charge is -2.12. The second kappa shape index (κ2) is 3.45. The van der Waals surface area contributed by atoms with Gasteiger partial charge in [-0.05, 0) is 25.0 Å². The normalized spacial score (nSPS) is 15.3. The first-order valence-electron chi connectivity index (χ1n) is 5.00. The Bertz CT molecular complexity index is 353. The van der Waals surface area contributed by atoms with E-state index in [0.29, 0.717) is 11.7 Å². The van der Waals surface area contributed by atoms with E-state index < -0.39 is 0 Å². The maximum atomic E-state index is 11.8. The molecule has 2 rings (SSSR count). The molecular formula is C12H15NO. The van der Waals surface area contributed by atoms with Gasteiger partial charge in [-0.1, -0.05) is 12.1 Å². The molecular weight excluding hydrogens is 174 g/mol. The van der Waals surface area contributed by atoms with E-state index in [1.54, 1.807) is 0 Å². The molecule has 0 N–H and O–H groups in total. The number of hydrogen-bond donors (Lipinski definition) is 0. The van der Waals surface area contributed by atoms with Crippen LogP contribution in [-0.2, 0) is 0 Å². The Balaban J connectivity index is 2.25. The fraction of sp³-hybridized carbons (Fsp3) is 0.417. The SMILES string of the molecule is CN(C)c1cccc(C(=O)C2CC2)c1. The molecule has 1 aromatic rings. The number of ketones is 1. The van der Waals surface area contributed by atoms with E-state index in [1.165, 1.54) is 0 Å². The first-order chi connectivity index (χ1) is 6.68. The highest BCUT2D eigenvalue weighted by Crippen LogP contribution is 2.33. The third-order valence-corrected chi connectivity index (χ3v) is 2.60.